The molecule has 3 aliphatic rings. The molecular weight excluding hydrogens is 294 g/mol. The molecule has 0 aromatic heterocycles. The number of hydrogen-bond donors (Lipinski definition) is 0. The molecule has 2 unspecified atom stereocenters. The second kappa shape index (κ2) is 5.15. The van der Waals surface area contributed by atoms with Crippen LogP contribution in [0.2, 0.25) is 0 Å². The van der Waals surface area contributed by atoms with Crippen LogP contribution in [0.1, 0.15) is 0 Å². The Morgan fingerprint density at radius 2 is 2.00 bits per heavy atom. The number of fused-ring (bicyclic) bond motifs is 2. The summed E-state index contributed by atoms with van der Waals surface area (Å²) in [6.07, 6.45) is 4.83. The molecule has 0 N–H and O–H groups in total. The van der Waals surface area contributed by atoms with Crippen LogP contribution in [0.3, 0.4) is 0 Å². The minimum absolute atomic E-state index is 0.230. The van der Waals surface area contributed by atoms with Crippen LogP contribution in [-0.4, -0.2) is 36.7 Å². The Bertz CT molecular complexity index is 698. The lowest BCUT2D eigenvalue weighted by Crippen LogP contribution is -2.46. The molecule has 1 aromatic carbocycles. The van der Waals surface area contributed by atoms with Gasteiger partial charge in [0.05, 0.1) is 36.8 Å². The first kappa shape index (κ1) is 14.4. The van der Waals surface area contributed by atoms with Crippen LogP contribution >= 0.6 is 0 Å². The highest BCUT2D eigenvalue weighted by atomic mass is 16.6. The van der Waals surface area contributed by atoms with Crippen LogP contribution in [0.5, 0.6) is 0 Å². The van der Waals surface area contributed by atoms with Gasteiger partial charge in [-0.2, -0.15) is 0 Å². The maximum Gasteiger partial charge on any atom is 0.241 e. The zero-order valence-corrected chi connectivity index (χ0v) is 12.6. The molecule has 5 nitrogen and oxygen atoms in total. The van der Waals surface area contributed by atoms with Gasteiger partial charge in [-0.05, 0) is 12.1 Å². The van der Waals surface area contributed by atoms with Gasteiger partial charge in [0.15, 0.2) is 0 Å². The Labute approximate surface area is 134 Å². The van der Waals surface area contributed by atoms with Gasteiger partial charge < -0.3 is 9.47 Å². The molecule has 2 amide bonds. The normalized spacial score (nSPS) is 35.8. The summed E-state index contributed by atoms with van der Waals surface area (Å²) in [6.45, 7) is 4.53. The molecule has 118 valence electrons. The van der Waals surface area contributed by atoms with Crippen molar-refractivity contribution in [1.82, 2.24) is 0 Å². The van der Waals surface area contributed by atoms with Gasteiger partial charge in [-0.1, -0.05) is 36.4 Å². The third-order valence-corrected chi connectivity index (χ3v) is 4.78. The van der Waals surface area contributed by atoms with Crippen molar-refractivity contribution >= 4 is 17.5 Å². The maximum absolute atomic E-state index is 13.0. The van der Waals surface area contributed by atoms with E-state index in [0.29, 0.717) is 12.3 Å². The summed E-state index contributed by atoms with van der Waals surface area (Å²) in [7, 11) is 0. The third-order valence-electron chi connectivity index (χ3n) is 4.78. The molecule has 0 saturated carbocycles. The fourth-order valence-electron chi connectivity index (χ4n) is 3.81. The van der Waals surface area contributed by atoms with Crippen LogP contribution < -0.4 is 4.90 Å². The summed E-state index contributed by atoms with van der Waals surface area (Å²) >= 11 is 0. The van der Waals surface area contributed by atoms with Crippen LogP contribution in [0, 0.1) is 11.8 Å². The molecule has 23 heavy (non-hydrogen) atoms. The molecule has 3 heterocycles. The topological polar surface area (TPSA) is 55.8 Å². The number of carbonyl (C=O) groups is 2. The first-order valence-electron chi connectivity index (χ1n) is 7.67. The average Bonchev–Trinajstić information content (AvgIpc) is 3.04. The molecule has 2 saturated heterocycles. The molecule has 0 radical (unpaired) electrons. The van der Waals surface area contributed by atoms with E-state index in [4.69, 9.17) is 9.47 Å². The van der Waals surface area contributed by atoms with Gasteiger partial charge in [0.25, 0.3) is 0 Å². The smallest absolute Gasteiger partial charge is 0.241 e. The van der Waals surface area contributed by atoms with Gasteiger partial charge in [0.2, 0.25) is 11.8 Å². The van der Waals surface area contributed by atoms with E-state index in [2.05, 4.69) is 6.58 Å². The summed E-state index contributed by atoms with van der Waals surface area (Å²) in [6, 6.07) is 9.00. The molecular formula is C18H17NO4. The Kier molecular flexibility index (Phi) is 3.21. The number of ether oxygens (including phenoxy) is 2. The van der Waals surface area contributed by atoms with Gasteiger partial charge in [0.1, 0.15) is 5.60 Å². The number of imide groups is 1. The molecule has 4 atom stereocenters. The first-order valence-corrected chi connectivity index (χ1v) is 7.67. The lowest BCUT2D eigenvalue weighted by atomic mass is 9.80. The van der Waals surface area contributed by atoms with Crippen molar-refractivity contribution in [2.75, 3.05) is 18.1 Å². The van der Waals surface area contributed by atoms with Gasteiger partial charge in [-0.15, -0.1) is 6.58 Å². The summed E-state index contributed by atoms with van der Waals surface area (Å²) in [5.74, 6) is -1.58. The number of anilines is 1. The number of rotatable bonds is 2. The molecule has 1 aromatic rings. The number of hydrogen-bond acceptors (Lipinski definition) is 4. The Morgan fingerprint density at radius 1 is 1.22 bits per heavy atom. The second-order valence-corrected chi connectivity index (χ2v) is 6.04. The van der Waals surface area contributed by atoms with Gasteiger partial charge >= 0.3 is 0 Å². The zero-order chi connectivity index (χ0) is 16.0. The minimum Gasteiger partial charge on any atom is -0.374 e. The van der Waals surface area contributed by atoms with E-state index >= 15 is 0 Å². The molecule has 1 spiro atoms. The predicted octanol–water partition coefficient (Wildman–Crippen LogP) is 1.70. The lowest BCUT2D eigenvalue weighted by molar-refractivity contribution is -0.131. The first-order chi connectivity index (χ1) is 11.2. The highest BCUT2D eigenvalue weighted by Crippen LogP contribution is 2.49. The van der Waals surface area contributed by atoms with Crippen LogP contribution in [0.15, 0.2) is 55.1 Å². The van der Waals surface area contributed by atoms with E-state index in [-0.39, 0.29) is 18.4 Å². The van der Waals surface area contributed by atoms with Gasteiger partial charge in [-0.3, -0.25) is 9.59 Å². The van der Waals surface area contributed by atoms with Gasteiger partial charge in [0, 0.05) is 0 Å². The van der Waals surface area contributed by atoms with E-state index in [1.165, 1.54) is 4.90 Å². The highest BCUT2D eigenvalue weighted by molar-refractivity contribution is 6.23. The molecule has 0 bridgehead atoms. The number of carbonyl (C=O) groups excluding carboxylic acids is 2. The van der Waals surface area contributed by atoms with Crippen molar-refractivity contribution < 1.29 is 19.1 Å². The molecule has 5 heteroatoms. The van der Waals surface area contributed by atoms with Gasteiger partial charge in [-0.25, -0.2) is 4.90 Å². The summed E-state index contributed by atoms with van der Waals surface area (Å²) in [5, 5.41) is 0. The number of amides is 2. The standard InChI is InChI=1S/C18H17NO4/c1-2-13-14-15(18(23-13)9-6-10-22-11-18)17(21)19(16(14)20)12-7-4-3-5-8-12/h2-9,13-15H,1,10-11H2/t13-,14?,15?,18-/m0/s1. The quantitative estimate of drug-likeness (QED) is 0.616. The fraction of sp³-hybridized carbons (Fsp3) is 0.333. The molecule has 0 aliphatic carbocycles. The SMILES string of the molecule is C=C[C@@H]1O[C@]2(C=CCOC2)C2C(=O)N(c3ccccc3)C(=O)C21. The lowest BCUT2D eigenvalue weighted by Gasteiger charge is -2.32. The van der Waals surface area contributed by atoms with E-state index in [0.717, 1.165) is 0 Å². The summed E-state index contributed by atoms with van der Waals surface area (Å²) in [5.41, 5.74) is -0.284. The van der Waals surface area contributed by atoms with Crippen LogP contribution in [-0.2, 0) is 19.1 Å². The fourth-order valence-corrected chi connectivity index (χ4v) is 3.81. The predicted molar refractivity (Wildman–Crippen MR) is 83.7 cm³/mol. The van der Waals surface area contributed by atoms with Crippen molar-refractivity contribution in [1.29, 1.82) is 0 Å². The van der Waals surface area contributed by atoms with Crippen molar-refractivity contribution in [2.24, 2.45) is 11.8 Å². The second-order valence-electron chi connectivity index (χ2n) is 6.04. The van der Waals surface area contributed by atoms with Crippen LogP contribution in [0.25, 0.3) is 0 Å². The van der Waals surface area contributed by atoms with Crippen molar-refractivity contribution in [3.63, 3.8) is 0 Å². The van der Waals surface area contributed by atoms with E-state index < -0.39 is 23.5 Å². The Balaban J connectivity index is 1.80. The van der Waals surface area contributed by atoms with Crippen molar-refractivity contribution in [2.45, 2.75) is 11.7 Å². The number of nitrogens with zero attached hydrogens (tertiary/aromatic N) is 1. The number of benzene rings is 1. The Hall–Kier alpha value is -2.24. The highest BCUT2D eigenvalue weighted by Gasteiger charge is 2.65. The van der Waals surface area contributed by atoms with E-state index in [1.54, 1.807) is 18.2 Å². The molecule has 2 fully saturated rings. The molecule has 4 rings (SSSR count). The monoisotopic (exact) mass is 311 g/mol. The largest absolute Gasteiger partial charge is 0.374 e. The number of para-hydroxylation sites is 1. The zero-order valence-electron chi connectivity index (χ0n) is 12.6. The summed E-state index contributed by atoms with van der Waals surface area (Å²) < 4.78 is 11.5. The Morgan fingerprint density at radius 3 is 2.65 bits per heavy atom. The third kappa shape index (κ3) is 1.93. The maximum atomic E-state index is 13.0. The van der Waals surface area contributed by atoms with Crippen molar-refractivity contribution in [3.05, 3.63) is 55.1 Å². The van der Waals surface area contributed by atoms with E-state index in [1.807, 2.05) is 30.4 Å². The van der Waals surface area contributed by atoms with Crippen LogP contribution in [0.4, 0.5) is 5.69 Å². The molecule has 3 aliphatic heterocycles. The summed E-state index contributed by atoms with van der Waals surface area (Å²) in [4.78, 5) is 27.2. The minimum atomic E-state index is -0.877. The van der Waals surface area contributed by atoms with Crippen molar-refractivity contribution in [3.8, 4) is 0 Å². The van der Waals surface area contributed by atoms with E-state index in [9.17, 15) is 9.59 Å². The average molecular weight is 311 g/mol.